The number of carbonyl (C=O) groups excluding carboxylic acids is 2. The summed E-state index contributed by atoms with van der Waals surface area (Å²) in [5.41, 5.74) is 3.90. The van der Waals surface area contributed by atoms with Crippen LogP contribution in [0.25, 0.3) is 0 Å². The Hall–Kier alpha value is -4.14. The van der Waals surface area contributed by atoms with Crippen LogP contribution in [0, 0.1) is 13.8 Å². The first-order valence-corrected chi connectivity index (χ1v) is 18.0. The summed E-state index contributed by atoms with van der Waals surface area (Å²) in [4.78, 5) is 30.5. The summed E-state index contributed by atoms with van der Waals surface area (Å²) in [5.74, 6) is -0.748. The number of nitrogens with one attached hydrogen (secondary N) is 1. The topological polar surface area (TPSA) is 86.8 Å². The van der Waals surface area contributed by atoms with E-state index in [1.54, 1.807) is 48.5 Å². The van der Waals surface area contributed by atoms with Gasteiger partial charge in [0.15, 0.2) is 0 Å². The fourth-order valence-corrected chi connectivity index (χ4v) is 7.70. The van der Waals surface area contributed by atoms with E-state index in [0.29, 0.717) is 10.7 Å². The van der Waals surface area contributed by atoms with Crippen molar-refractivity contribution in [1.82, 2.24) is 10.2 Å². The fraction of sp³-hybridized carbons (Fsp3) is 0.316. The van der Waals surface area contributed by atoms with Crippen molar-refractivity contribution in [3.05, 3.63) is 130 Å². The van der Waals surface area contributed by atoms with Crippen LogP contribution in [0.5, 0.6) is 0 Å². The molecule has 1 saturated carbocycles. The molecule has 5 rings (SSSR count). The number of rotatable bonds is 12. The Labute approximate surface area is 283 Å². The van der Waals surface area contributed by atoms with Crippen molar-refractivity contribution < 1.29 is 18.0 Å². The molecule has 0 saturated heterocycles. The molecule has 0 spiro atoms. The lowest BCUT2D eigenvalue weighted by Crippen LogP contribution is -2.55. The van der Waals surface area contributed by atoms with Gasteiger partial charge in [0.05, 0.1) is 10.6 Å². The van der Waals surface area contributed by atoms with Crippen LogP contribution in [0.15, 0.2) is 108 Å². The predicted octanol–water partition coefficient (Wildman–Crippen LogP) is 7.24. The van der Waals surface area contributed by atoms with E-state index in [4.69, 9.17) is 11.6 Å². The first-order chi connectivity index (χ1) is 22.6. The molecule has 1 unspecified atom stereocenters. The number of amides is 2. The number of halogens is 1. The molecule has 9 heteroatoms. The van der Waals surface area contributed by atoms with Crippen molar-refractivity contribution in [3.8, 4) is 0 Å². The maximum absolute atomic E-state index is 14.7. The van der Waals surface area contributed by atoms with Crippen LogP contribution in [0.3, 0.4) is 0 Å². The summed E-state index contributed by atoms with van der Waals surface area (Å²) in [6.45, 7) is 3.43. The number of hydrogen-bond donors (Lipinski definition) is 1. The van der Waals surface area contributed by atoms with Crippen LogP contribution >= 0.6 is 11.6 Å². The molecule has 0 heterocycles. The fourth-order valence-electron chi connectivity index (χ4n) is 6.06. The Morgan fingerprint density at radius 1 is 0.809 bits per heavy atom. The van der Waals surface area contributed by atoms with Crippen LogP contribution in [-0.4, -0.2) is 43.8 Å². The van der Waals surface area contributed by atoms with E-state index in [9.17, 15) is 18.0 Å². The minimum atomic E-state index is -4.16. The number of aryl methyl sites for hydroxylation is 2. The second-order valence-corrected chi connectivity index (χ2v) is 14.6. The number of carbonyl (C=O) groups is 2. The molecule has 1 aliphatic rings. The third-order valence-electron chi connectivity index (χ3n) is 8.85. The highest BCUT2D eigenvalue weighted by atomic mass is 35.5. The Balaban J connectivity index is 1.57. The number of benzene rings is 4. The average molecular weight is 672 g/mol. The molecule has 7 nitrogen and oxygen atoms in total. The van der Waals surface area contributed by atoms with E-state index in [-0.39, 0.29) is 29.8 Å². The number of sulfonamides is 1. The van der Waals surface area contributed by atoms with Crippen LogP contribution < -0.4 is 9.62 Å². The highest BCUT2D eigenvalue weighted by Crippen LogP contribution is 2.27. The van der Waals surface area contributed by atoms with E-state index >= 15 is 0 Å². The highest BCUT2D eigenvalue weighted by molar-refractivity contribution is 7.92. The molecule has 0 radical (unpaired) electrons. The zero-order valence-corrected chi connectivity index (χ0v) is 28.5. The average Bonchev–Trinajstić information content (AvgIpc) is 3.07. The standard InChI is InChI=1S/C38H42ClN3O4S/c1-28-21-22-34(23-29(28)2)42(47(45,46)35-19-10-5-11-20-35)27-37(43)41(26-31-15-12-16-32(39)24-31)36(25-30-13-6-3-7-14-30)38(44)40-33-17-8-4-9-18-33/h3,5-7,10-16,19-24,33,36H,4,8-9,17-18,25-27H2,1-2H3,(H,40,44). The van der Waals surface area contributed by atoms with Crippen LogP contribution in [0.4, 0.5) is 5.69 Å². The predicted molar refractivity (Wildman–Crippen MR) is 188 cm³/mol. The van der Waals surface area contributed by atoms with Crippen molar-refractivity contribution in [1.29, 1.82) is 0 Å². The largest absolute Gasteiger partial charge is 0.352 e. The van der Waals surface area contributed by atoms with E-state index in [1.165, 1.54) is 17.0 Å². The minimum Gasteiger partial charge on any atom is -0.352 e. The summed E-state index contributed by atoms with van der Waals surface area (Å²) in [5, 5.41) is 3.74. The van der Waals surface area contributed by atoms with E-state index in [2.05, 4.69) is 5.32 Å². The summed E-state index contributed by atoms with van der Waals surface area (Å²) in [7, 11) is -4.16. The van der Waals surface area contributed by atoms with Gasteiger partial charge in [-0.05, 0) is 85.3 Å². The second kappa shape index (κ2) is 15.6. The van der Waals surface area contributed by atoms with Gasteiger partial charge in [0.2, 0.25) is 11.8 Å². The van der Waals surface area contributed by atoms with Crippen molar-refractivity contribution in [2.24, 2.45) is 0 Å². The summed E-state index contributed by atoms with van der Waals surface area (Å²) >= 11 is 6.36. The van der Waals surface area contributed by atoms with Gasteiger partial charge < -0.3 is 10.2 Å². The van der Waals surface area contributed by atoms with Crippen LogP contribution in [0.1, 0.15) is 54.4 Å². The van der Waals surface area contributed by atoms with Crippen LogP contribution in [0.2, 0.25) is 5.02 Å². The van der Waals surface area contributed by atoms with Crippen molar-refractivity contribution in [2.75, 3.05) is 10.8 Å². The normalized spacial score (nSPS) is 14.3. The van der Waals surface area contributed by atoms with Gasteiger partial charge in [-0.3, -0.25) is 13.9 Å². The molecular weight excluding hydrogens is 630 g/mol. The van der Waals surface area contributed by atoms with Gasteiger partial charge in [0, 0.05) is 24.0 Å². The van der Waals surface area contributed by atoms with Gasteiger partial charge in [-0.15, -0.1) is 0 Å². The smallest absolute Gasteiger partial charge is 0.264 e. The second-order valence-electron chi connectivity index (χ2n) is 12.3. The third-order valence-corrected chi connectivity index (χ3v) is 10.9. The lowest BCUT2D eigenvalue weighted by Gasteiger charge is -2.35. The van der Waals surface area contributed by atoms with Crippen LogP contribution in [-0.2, 0) is 32.6 Å². The summed E-state index contributed by atoms with van der Waals surface area (Å²) in [6, 6.07) is 29.3. The Bertz CT molecular complexity index is 1780. The SMILES string of the molecule is Cc1ccc(N(CC(=O)N(Cc2cccc(Cl)c2)C(Cc2ccccc2)C(=O)NC2CCCCC2)S(=O)(=O)c2ccccc2)cc1C. The first-order valence-electron chi connectivity index (χ1n) is 16.1. The molecule has 4 aromatic carbocycles. The monoisotopic (exact) mass is 671 g/mol. The summed E-state index contributed by atoms with van der Waals surface area (Å²) in [6.07, 6.45) is 5.28. The first kappa shape index (κ1) is 34.2. The zero-order chi connectivity index (χ0) is 33.4. The molecule has 1 atom stereocenters. The van der Waals surface area contributed by atoms with E-state index in [1.807, 2.05) is 56.3 Å². The Kier molecular flexibility index (Phi) is 11.4. The maximum atomic E-state index is 14.7. The quantitative estimate of drug-likeness (QED) is 0.172. The molecule has 0 aromatic heterocycles. The van der Waals surface area contributed by atoms with Gasteiger partial charge >= 0.3 is 0 Å². The molecule has 4 aromatic rings. The van der Waals surface area contributed by atoms with Crippen molar-refractivity contribution in [2.45, 2.75) is 75.9 Å². The van der Waals surface area contributed by atoms with Gasteiger partial charge in [0.1, 0.15) is 12.6 Å². The zero-order valence-electron chi connectivity index (χ0n) is 26.9. The lowest BCUT2D eigenvalue weighted by molar-refractivity contribution is -0.140. The number of nitrogens with zero attached hydrogens (tertiary/aromatic N) is 2. The number of anilines is 1. The van der Waals surface area contributed by atoms with Gasteiger partial charge in [-0.1, -0.05) is 97.6 Å². The molecule has 0 aliphatic heterocycles. The lowest BCUT2D eigenvalue weighted by atomic mass is 9.94. The molecular formula is C38H42ClN3O4S. The minimum absolute atomic E-state index is 0.0307. The number of hydrogen-bond acceptors (Lipinski definition) is 4. The molecule has 47 heavy (non-hydrogen) atoms. The van der Waals surface area contributed by atoms with Gasteiger partial charge in [-0.25, -0.2) is 8.42 Å². The van der Waals surface area contributed by atoms with Gasteiger partial charge in [-0.2, -0.15) is 0 Å². The van der Waals surface area contributed by atoms with Crippen molar-refractivity contribution in [3.63, 3.8) is 0 Å². The maximum Gasteiger partial charge on any atom is 0.264 e. The molecule has 2 amide bonds. The Morgan fingerprint density at radius 3 is 2.13 bits per heavy atom. The van der Waals surface area contributed by atoms with Crippen molar-refractivity contribution >= 4 is 39.1 Å². The molecule has 246 valence electrons. The van der Waals surface area contributed by atoms with E-state index < -0.39 is 28.5 Å². The van der Waals surface area contributed by atoms with E-state index in [0.717, 1.165) is 58.7 Å². The summed E-state index contributed by atoms with van der Waals surface area (Å²) < 4.78 is 29.6. The molecule has 1 fully saturated rings. The molecule has 0 bridgehead atoms. The molecule has 1 N–H and O–H groups in total. The highest BCUT2D eigenvalue weighted by Gasteiger charge is 2.35. The Morgan fingerprint density at radius 2 is 1.47 bits per heavy atom. The third kappa shape index (κ3) is 8.82. The molecule has 1 aliphatic carbocycles. The van der Waals surface area contributed by atoms with Gasteiger partial charge in [0.25, 0.3) is 10.0 Å².